The fourth-order valence-electron chi connectivity index (χ4n) is 2.31. The first-order chi connectivity index (χ1) is 9.33. The highest BCUT2D eigenvalue weighted by Gasteiger charge is 2.19. The van der Waals surface area contributed by atoms with Gasteiger partial charge in [-0.25, -0.2) is 0 Å². The molecule has 1 aliphatic rings. The maximum atomic E-state index is 5.72. The molecule has 0 bridgehead atoms. The third-order valence-corrected chi connectivity index (χ3v) is 4.28. The average molecular weight is 278 g/mol. The van der Waals surface area contributed by atoms with Gasteiger partial charge in [-0.15, -0.1) is 11.3 Å². The van der Waals surface area contributed by atoms with Gasteiger partial charge in [-0.3, -0.25) is 4.90 Å². The summed E-state index contributed by atoms with van der Waals surface area (Å²) in [6.45, 7) is 6.58. The van der Waals surface area contributed by atoms with Crippen molar-refractivity contribution >= 4 is 11.3 Å². The summed E-state index contributed by atoms with van der Waals surface area (Å²) in [7, 11) is 0. The van der Waals surface area contributed by atoms with E-state index < -0.39 is 0 Å². The third kappa shape index (κ3) is 4.32. The molecular formula is C15H22N2OS. The molecule has 1 fully saturated rings. The molecule has 2 heterocycles. The van der Waals surface area contributed by atoms with Gasteiger partial charge in [0.2, 0.25) is 0 Å². The molecule has 2 rings (SSSR count). The monoisotopic (exact) mass is 278 g/mol. The molecule has 0 radical (unpaired) electrons. The summed E-state index contributed by atoms with van der Waals surface area (Å²) < 4.78 is 5.72. The van der Waals surface area contributed by atoms with Gasteiger partial charge < -0.3 is 10.5 Å². The Morgan fingerprint density at radius 3 is 3.16 bits per heavy atom. The molecule has 1 unspecified atom stereocenters. The zero-order chi connectivity index (χ0) is 13.5. The summed E-state index contributed by atoms with van der Waals surface area (Å²) in [6, 6.07) is 2.09. The molecule has 0 amide bonds. The maximum Gasteiger partial charge on any atom is 0.0702 e. The Hall–Kier alpha value is -0.860. The van der Waals surface area contributed by atoms with E-state index in [1.54, 1.807) is 11.3 Å². The van der Waals surface area contributed by atoms with Gasteiger partial charge in [0.05, 0.1) is 12.6 Å². The van der Waals surface area contributed by atoms with Gasteiger partial charge in [-0.05, 0) is 30.8 Å². The van der Waals surface area contributed by atoms with Crippen LogP contribution < -0.4 is 5.73 Å². The first-order valence-corrected chi connectivity index (χ1v) is 7.80. The van der Waals surface area contributed by atoms with E-state index in [0.29, 0.717) is 12.6 Å². The maximum absolute atomic E-state index is 5.72. The SMILES string of the molecule is CCN(Cc1sccc1C#CCN)CC1CCCO1. The Bertz CT molecular complexity index is 440. The Morgan fingerprint density at radius 2 is 2.47 bits per heavy atom. The predicted molar refractivity (Wildman–Crippen MR) is 80.2 cm³/mol. The van der Waals surface area contributed by atoms with Crippen LogP contribution in [0, 0.1) is 11.8 Å². The number of thiophene rings is 1. The van der Waals surface area contributed by atoms with Crippen LogP contribution in [0.2, 0.25) is 0 Å². The van der Waals surface area contributed by atoms with Crippen molar-refractivity contribution in [2.45, 2.75) is 32.4 Å². The summed E-state index contributed by atoms with van der Waals surface area (Å²) >= 11 is 1.78. The van der Waals surface area contributed by atoms with Crippen LogP contribution in [0.25, 0.3) is 0 Å². The molecule has 4 heteroatoms. The summed E-state index contributed by atoms with van der Waals surface area (Å²) in [5, 5.41) is 2.11. The standard InChI is InChI=1S/C15H22N2OS/c1-2-17(11-14-6-4-9-18-14)12-15-13(5-3-8-16)7-10-19-15/h7,10,14H,2,4,6,8-9,11-12,16H2,1H3. The Balaban J connectivity index is 1.95. The third-order valence-electron chi connectivity index (χ3n) is 3.37. The second-order valence-electron chi connectivity index (χ2n) is 4.73. The van der Waals surface area contributed by atoms with Crippen LogP contribution in [-0.2, 0) is 11.3 Å². The zero-order valence-corrected chi connectivity index (χ0v) is 12.3. The van der Waals surface area contributed by atoms with Crippen molar-refractivity contribution in [3.05, 3.63) is 21.9 Å². The van der Waals surface area contributed by atoms with Crippen molar-refractivity contribution in [1.29, 1.82) is 0 Å². The van der Waals surface area contributed by atoms with E-state index >= 15 is 0 Å². The van der Waals surface area contributed by atoms with Gasteiger partial charge in [-0.2, -0.15) is 0 Å². The highest BCUT2D eigenvalue weighted by Crippen LogP contribution is 2.20. The molecule has 0 spiro atoms. The van der Waals surface area contributed by atoms with Crippen LogP contribution >= 0.6 is 11.3 Å². The number of nitrogens with two attached hydrogens (primary N) is 1. The lowest BCUT2D eigenvalue weighted by Gasteiger charge is -2.23. The van der Waals surface area contributed by atoms with Crippen LogP contribution in [0.4, 0.5) is 0 Å². The van der Waals surface area contributed by atoms with Crippen molar-refractivity contribution in [2.24, 2.45) is 5.73 Å². The van der Waals surface area contributed by atoms with Crippen molar-refractivity contribution in [3.63, 3.8) is 0 Å². The van der Waals surface area contributed by atoms with E-state index in [9.17, 15) is 0 Å². The summed E-state index contributed by atoms with van der Waals surface area (Å²) in [6.07, 6.45) is 2.81. The number of likely N-dealkylation sites (N-methyl/N-ethyl adjacent to an activating group) is 1. The minimum Gasteiger partial charge on any atom is -0.377 e. The lowest BCUT2D eigenvalue weighted by atomic mass is 10.2. The minimum atomic E-state index is 0.415. The van der Waals surface area contributed by atoms with Crippen LogP contribution in [0.15, 0.2) is 11.4 Å². The number of hydrogen-bond donors (Lipinski definition) is 1. The Labute approximate surface area is 119 Å². The number of nitrogens with zero attached hydrogens (tertiary/aromatic N) is 1. The largest absolute Gasteiger partial charge is 0.377 e. The summed E-state index contributed by atoms with van der Waals surface area (Å²) in [4.78, 5) is 3.77. The van der Waals surface area contributed by atoms with E-state index in [1.165, 1.54) is 17.7 Å². The lowest BCUT2D eigenvalue weighted by molar-refractivity contribution is 0.0728. The lowest BCUT2D eigenvalue weighted by Crippen LogP contribution is -2.31. The average Bonchev–Trinajstić information content (AvgIpc) is 3.07. The van der Waals surface area contributed by atoms with Crippen LogP contribution in [0.1, 0.15) is 30.2 Å². The van der Waals surface area contributed by atoms with Crippen molar-refractivity contribution in [2.75, 3.05) is 26.2 Å². The first-order valence-electron chi connectivity index (χ1n) is 6.92. The molecule has 19 heavy (non-hydrogen) atoms. The molecule has 1 saturated heterocycles. The topological polar surface area (TPSA) is 38.5 Å². The molecule has 0 saturated carbocycles. The molecule has 1 aliphatic heterocycles. The highest BCUT2D eigenvalue weighted by molar-refractivity contribution is 7.10. The molecular weight excluding hydrogens is 256 g/mol. The van der Waals surface area contributed by atoms with E-state index in [1.807, 2.05) is 0 Å². The highest BCUT2D eigenvalue weighted by atomic mass is 32.1. The van der Waals surface area contributed by atoms with Gasteiger partial charge in [0.15, 0.2) is 0 Å². The van der Waals surface area contributed by atoms with E-state index in [0.717, 1.165) is 31.8 Å². The quantitative estimate of drug-likeness (QED) is 0.838. The van der Waals surface area contributed by atoms with Crippen LogP contribution in [0.3, 0.4) is 0 Å². The normalized spacial score (nSPS) is 18.6. The van der Waals surface area contributed by atoms with Gasteiger partial charge in [0, 0.05) is 30.1 Å². The molecule has 1 aromatic rings. The molecule has 0 aliphatic carbocycles. The van der Waals surface area contributed by atoms with Gasteiger partial charge in [0.25, 0.3) is 0 Å². The second-order valence-corrected chi connectivity index (χ2v) is 5.73. The van der Waals surface area contributed by atoms with Crippen molar-refractivity contribution in [1.82, 2.24) is 4.90 Å². The summed E-state index contributed by atoms with van der Waals surface area (Å²) in [5.74, 6) is 6.09. The molecule has 3 nitrogen and oxygen atoms in total. The molecule has 1 atom stereocenters. The smallest absolute Gasteiger partial charge is 0.0702 e. The number of hydrogen-bond acceptors (Lipinski definition) is 4. The summed E-state index contributed by atoms with van der Waals surface area (Å²) in [5.41, 5.74) is 6.56. The molecule has 104 valence electrons. The van der Waals surface area contributed by atoms with Crippen LogP contribution in [0.5, 0.6) is 0 Å². The van der Waals surface area contributed by atoms with Gasteiger partial charge >= 0.3 is 0 Å². The van der Waals surface area contributed by atoms with Gasteiger partial charge in [0.1, 0.15) is 0 Å². The molecule has 1 aromatic heterocycles. The van der Waals surface area contributed by atoms with E-state index in [4.69, 9.17) is 10.5 Å². The van der Waals surface area contributed by atoms with Crippen molar-refractivity contribution < 1.29 is 4.74 Å². The number of ether oxygens (including phenoxy) is 1. The van der Waals surface area contributed by atoms with Crippen LogP contribution in [-0.4, -0.2) is 37.2 Å². The molecule has 0 aromatic carbocycles. The molecule has 2 N–H and O–H groups in total. The predicted octanol–water partition coefficient (Wildman–Crippen LogP) is 2.06. The van der Waals surface area contributed by atoms with E-state index in [-0.39, 0.29) is 0 Å². The fourth-order valence-corrected chi connectivity index (χ4v) is 3.18. The van der Waals surface area contributed by atoms with Gasteiger partial charge in [-0.1, -0.05) is 18.8 Å². The Kier molecular flexibility index (Phi) is 5.87. The number of rotatable bonds is 5. The Morgan fingerprint density at radius 1 is 1.58 bits per heavy atom. The second kappa shape index (κ2) is 7.66. The first kappa shape index (κ1) is 14.5. The van der Waals surface area contributed by atoms with Crippen molar-refractivity contribution in [3.8, 4) is 11.8 Å². The van der Waals surface area contributed by atoms with E-state index in [2.05, 4.69) is 35.1 Å². The fraction of sp³-hybridized carbons (Fsp3) is 0.600. The zero-order valence-electron chi connectivity index (χ0n) is 11.5. The minimum absolute atomic E-state index is 0.415.